The van der Waals surface area contributed by atoms with Crippen LogP contribution in [0.3, 0.4) is 0 Å². The Balaban J connectivity index is 1.32. The topological polar surface area (TPSA) is 68.1 Å². The minimum absolute atomic E-state index is 0.0420. The molecular weight excluding hydrogens is 476 g/mol. The molecule has 1 fully saturated rings. The molecule has 1 amide bonds. The van der Waals surface area contributed by atoms with Gasteiger partial charge in [-0.2, -0.15) is 0 Å². The van der Waals surface area contributed by atoms with Gasteiger partial charge in [-0.15, -0.1) is 0 Å². The normalized spacial score (nSPS) is 15.3. The summed E-state index contributed by atoms with van der Waals surface area (Å²) in [6.45, 7) is 4.96. The summed E-state index contributed by atoms with van der Waals surface area (Å²) in [7, 11) is 3.28. The van der Waals surface area contributed by atoms with E-state index in [1.807, 2.05) is 36.7 Å². The molecule has 1 aliphatic heterocycles. The van der Waals surface area contributed by atoms with Crippen molar-refractivity contribution in [3.05, 3.63) is 95.4 Å². The van der Waals surface area contributed by atoms with Crippen LogP contribution in [0.5, 0.6) is 11.5 Å². The lowest BCUT2D eigenvalue weighted by molar-refractivity contribution is -0.122. The summed E-state index contributed by atoms with van der Waals surface area (Å²) < 4.78 is 13.1. The summed E-state index contributed by atoms with van der Waals surface area (Å²) in [5, 5.41) is 3.32. The van der Waals surface area contributed by atoms with Gasteiger partial charge in [-0.25, -0.2) is 4.98 Å². The van der Waals surface area contributed by atoms with Gasteiger partial charge in [0.1, 0.15) is 17.1 Å². The van der Waals surface area contributed by atoms with Crippen LogP contribution in [-0.4, -0.2) is 53.5 Å². The first-order valence-electron chi connectivity index (χ1n) is 13.2. The molecule has 1 aliphatic rings. The van der Waals surface area contributed by atoms with Crippen LogP contribution < -0.4 is 14.8 Å². The molecule has 1 saturated heterocycles. The number of aryl methyl sites for hydroxylation is 1. The number of amides is 1. The van der Waals surface area contributed by atoms with E-state index in [1.165, 1.54) is 5.56 Å². The van der Waals surface area contributed by atoms with Gasteiger partial charge in [-0.3, -0.25) is 9.69 Å². The molecule has 1 unspecified atom stereocenters. The standard InChI is InChI=1S/C31H36N4O3/c1-22-9-14-35-29(20-32-30(35)15-22)28(24-16-26(37-2)18-27(17-24)38-3)19-31(36)33-25-10-12-34(13-11-25)21-23-7-5-4-6-8-23/h4-9,14-18,20,25,28H,10-13,19,21H2,1-3H3,(H,33,36). The van der Waals surface area contributed by atoms with Gasteiger partial charge in [0, 0.05) is 56.5 Å². The molecule has 4 aromatic rings. The molecule has 38 heavy (non-hydrogen) atoms. The van der Waals surface area contributed by atoms with Crippen LogP contribution in [0.1, 0.15) is 47.6 Å². The Morgan fingerprint density at radius 2 is 1.74 bits per heavy atom. The molecule has 7 heteroatoms. The summed E-state index contributed by atoms with van der Waals surface area (Å²) in [5.41, 5.74) is 5.26. The maximum Gasteiger partial charge on any atom is 0.221 e. The number of rotatable bonds is 9. The first-order valence-corrected chi connectivity index (χ1v) is 13.2. The summed E-state index contributed by atoms with van der Waals surface area (Å²) in [6, 6.07) is 20.7. The lowest BCUT2D eigenvalue weighted by Gasteiger charge is -2.32. The number of benzene rings is 2. The number of carbonyl (C=O) groups is 1. The van der Waals surface area contributed by atoms with Crippen molar-refractivity contribution in [2.24, 2.45) is 0 Å². The molecule has 3 heterocycles. The Kier molecular flexibility index (Phi) is 7.94. The average molecular weight is 513 g/mol. The van der Waals surface area contributed by atoms with Crippen molar-refractivity contribution in [3.63, 3.8) is 0 Å². The number of methoxy groups -OCH3 is 2. The van der Waals surface area contributed by atoms with Crippen LogP contribution in [0.25, 0.3) is 5.65 Å². The Bertz CT molecular complexity index is 1350. The Morgan fingerprint density at radius 1 is 1.03 bits per heavy atom. The zero-order chi connectivity index (χ0) is 26.5. The van der Waals surface area contributed by atoms with E-state index >= 15 is 0 Å². The van der Waals surface area contributed by atoms with E-state index in [-0.39, 0.29) is 17.9 Å². The third-order valence-electron chi connectivity index (χ3n) is 7.42. The van der Waals surface area contributed by atoms with E-state index < -0.39 is 0 Å². The fraction of sp³-hybridized carbons (Fsp3) is 0.355. The minimum atomic E-state index is -0.213. The van der Waals surface area contributed by atoms with Gasteiger partial charge >= 0.3 is 0 Å². The highest BCUT2D eigenvalue weighted by Crippen LogP contribution is 2.34. The van der Waals surface area contributed by atoms with Crippen molar-refractivity contribution in [1.82, 2.24) is 19.6 Å². The molecule has 0 radical (unpaired) electrons. The quantitative estimate of drug-likeness (QED) is 0.343. The van der Waals surface area contributed by atoms with Crippen molar-refractivity contribution in [3.8, 4) is 11.5 Å². The van der Waals surface area contributed by atoms with Crippen LogP contribution >= 0.6 is 0 Å². The summed E-state index contributed by atoms with van der Waals surface area (Å²) in [5.74, 6) is 1.22. The monoisotopic (exact) mass is 512 g/mol. The molecule has 5 rings (SSSR count). The molecular formula is C31H36N4O3. The number of nitrogens with zero attached hydrogens (tertiary/aromatic N) is 3. The maximum atomic E-state index is 13.4. The average Bonchev–Trinajstić information content (AvgIpc) is 3.35. The fourth-order valence-electron chi connectivity index (χ4n) is 5.33. The van der Waals surface area contributed by atoms with Crippen molar-refractivity contribution >= 4 is 11.6 Å². The fourth-order valence-corrected chi connectivity index (χ4v) is 5.33. The molecule has 2 aromatic carbocycles. The number of hydrogen-bond acceptors (Lipinski definition) is 5. The second kappa shape index (κ2) is 11.7. The number of piperidine rings is 1. The van der Waals surface area contributed by atoms with Gasteiger partial charge in [0.2, 0.25) is 5.91 Å². The van der Waals surface area contributed by atoms with Gasteiger partial charge in [0.15, 0.2) is 0 Å². The molecule has 1 atom stereocenters. The molecule has 7 nitrogen and oxygen atoms in total. The van der Waals surface area contributed by atoms with Gasteiger partial charge in [-0.05, 0) is 60.7 Å². The number of carbonyl (C=O) groups excluding carboxylic acids is 1. The van der Waals surface area contributed by atoms with Gasteiger partial charge in [0.25, 0.3) is 0 Å². The second-order valence-corrected chi connectivity index (χ2v) is 10.1. The maximum absolute atomic E-state index is 13.4. The van der Waals surface area contributed by atoms with E-state index in [2.05, 4.69) is 62.9 Å². The molecule has 1 N–H and O–H groups in total. The SMILES string of the molecule is COc1cc(OC)cc(C(CC(=O)NC2CCN(Cc3ccccc3)CC2)c2cnc3cc(C)ccn23)c1. The van der Waals surface area contributed by atoms with Gasteiger partial charge < -0.3 is 19.2 Å². The summed E-state index contributed by atoms with van der Waals surface area (Å²) in [6.07, 6.45) is 6.11. The molecule has 2 aromatic heterocycles. The van der Waals surface area contributed by atoms with Crippen LogP contribution in [-0.2, 0) is 11.3 Å². The van der Waals surface area contributed by atoms with Crippen LogP contribution in [0.4, 0.5) is 0 Å². The van der Waals surface area contributed by atoms with Gasteiger partial charge in [-0.1, -0.05) is 30.3 Å². The first kappa shape index (κ1) is 25.8. The molecule has 0 bridgehead atoms. The van der Waals surface area contributed by atoms with Gasteiger partial charge in [0.05, 0.1) is 19.9 Å². The lowest BCUT2D eigenvalue weighted by Crippen LogP contribution is -2.44. The number of hydrogen-bond donors (Lipinski definition) is 1. The third-order valence-corrected chi connectivity index (χ3v) is 7.42. The van der Waals surface area contributed by atoms with E-state index in [1.54, 1.807) is 14.2 Å². The number of ether oxygens (including phenoxy) is 2. The smallest absolute Gasteiger partial charge is 0.221 e. The summed E-state index contributed by atoms with van der Waals surface area (Å²) >= 11 is 0. The van der Waals surface area contributed by atoms with Crippen LogP contribution in [0.2, 0.25) is 0 Å². The minimum Gasteiger partial charge on any atom is -0.497 e. The zero-order valence-electron chi connectivity index (χ0n) is 22.4. The number of pyridine rings is 1. The van der Waals surface area contributed by atoms with E-state index in [0.717, 1.165) is 54.9 Å². The zero-order valence-corrected chi connectivity index (χ0v) is 22.4. The van der Waals surface area contributed by atoms with Crippen molar-refractivity contribution in [1.29, 1.82) is 0 Å². The van der Waals surface area contributed by atoms with E-state index in [9.17, 15) is 4.79 Å². The molecule has 0 spiro atoms. The van der Waals surface area contributed by atoms with E-state index in [4.69, 9.17) is 9.47 Å². The highest BCUT2D eigenvalue weighted by molar-refractivity contribution is 5.78. The predicted molar refractivity (Wildman–Crippen MR) is 149 cm³/mol. The predicted octanol–water partition coefficient (Wildman–Crippen LogP) is 4.96. The first-order chi connectivity index (χ1) is 18.5. The Hall–Kier alpha value is -3.84. The van der Waals surface area contributed by atoms with E-state index in [0.29, 0.717) is 17.9 Å². The number of nitrogens with one attached hydrogen (secondary N) is 1. The number of likely N-dealkylation sites (tertiary alicyclic amines) is 1. The number of fused-ring (bicyclic) bond motifs is 1. The van der Waals surface area contributed by atoms with Crippen LogP contribution in [0, 0.1) is 6.92 Å². The lowest BCUT2D eigenvalue weighted by atomic mass is 9.91. The van der Waals surface area contributed by atoms with Crippen LogP contribution in [0.15, 0.2) is 73.1 Å². The Morgan fingerprint density at radius 3 is 2.42 bits per heavy atom. The van der Waals surface area contributed by atoms with Crippen molar-refractivity contribution in [2.45, 2.75) is 44.7 Å². The second-order valence-electron chi connectivity index (χ2n) is 10.1. The highest BCUT2D eigenvalue weighted by Gasteiger charge is 2.26. The largest absolute Gasteiger partial charge is 0.497 e. The van der Waals surface area contributed by atoms with Crippen molar-refractivity contribution < 1.29 is 14.3 Å². The molecule has 0 saturated carbocycles. The number of aromatic nitrogens is 2. The molecule has 198 valence electrons. The summed E-state index contributed by atoms with van der Waals surface area (Å²) in [4.78, 5) is 20.5. The van der Waals surface area contributed by atoms with Crippen molar-refractivity contribution in [2.75, 3.05) is 27.3 Å². The molecule has 0 aliphatic carbocycles. The highest BCUT2D eigenvalue weighted by atomic mass is 16.5. The third kappa shape index (κ3) is 6.00. The number of imidazole rings is 1. The Labute approximate surface area is 224 Å².